The van der Waals surface area contributed by atoms with Gasteiger partial charge in [-0.05, 0) is 30.5 Å². The number of hydrogen-bond donors (Lipinski definition) is 1. The summed E-state index contributed by atoms with van der Waals surface area (Å²) in [4.78, 5) is 0. The lowest BCUT2D eigenvalue weighted by Crippen LogP contribution is -2.45. The minimum absolute atomic E-state index is 0.0472. The Hall–Kier alpha value is -1.27. The maximum atomic E-state index is 11.2. The van der Waals surface area contributed by atoms with Crippen LogP contribution in [0, 0.1) is 0 Å². The molecule has 1 saturated heterocycles. The van der Waals surface area contributed by atoms with Crippen molar-refractivity contribution in [2.24, 2.45) is 5.73 Å². The third kappa shape index (κ3) is 2.82. The van der Waals surface area contributed by atoms with Gasteiger partial charge in [0.05, 0.1) is 18.6 Å². The second kappa shape index (κ2) is 5.74. The maximum absolute atomic E-state index is 11.2. The van der Waals surface area contributed by atoms with Crippen molar-refractivity contribution < 1.29 is 17.9 Å². The fraction of sp³-hybridized carbons (Fsp3) is 0.625. The van der Waals surface area contributed by atoms with Crippen LogP contribution in [0.3, 0.4) is 0 Å². The molecule has 0 spiro atoms. The van der Waals surface area contributed by atoms with E-state index in [0.29, 0.717) is 18.0 Å². The van der Waals surface area contributed by atoms with E-state index in [2.05, 4.69) is 0 Å². The molecule has 0 bridgehead atoms. The van der Waals surface area contributed by atoms with Crippen molar-refractivity contribution in [3.05, 3.63) is 23.8 Å². The van der Waals surface area contributed by atoms with Crippen LogP contribution in [0.15, 0.2) is 18.2 Å². The molecule has 2 aliphatic rings. The zero-order valence-electron chi connectivity index (χ0n) is 12.9. The second-order valence-electron chi connectivity index (χ2n) is 6.37. The van der Waals surface area contributed by atoms with Gasteiger partial charge in [0.2, 0.25) is 0 Å². The SMILES string of the molecule is COc1cc(C2(CN)CCCC2)ccc1OC1CS(=O)(=O)C1. The smallest absolute Gasteiger partial charge is 0.161 e. The summed E-state index contributed by atoms with van der Waals surface area (Å²) in [6, 6.07) is 5.93. The van der Waals surface area contributed by atoms with E-state index in [-0.39, 0.29) is 23.0 Å². The predicted octanol–water partition coefficient (Wildman–Crippen LogP) is 1.64. The van der Waals surface area contributed by atoms with E-state index in [0.717, 1.165) is 12.8 Å². The van der Waals surface area contributed by atoms with Crippen molar-refractivity contribution in [2.45, 2.75) is 37.2 Å². The van der Waals surface area contributed by atoms with Crippen LogP contribution >= 0.6 is 0 Å². The van der Waals surface area contributed by atoms with Crippen molar-refractivity contribution in [1.82, 2.24) is 0 Å². The second-order valence-corrected chi connectivity index (χ2v) is 8.53. The first-order valence-electron chi connectivity index (χ1n) is 7.74. The van der Waals surface area contributed by atoms with Crippen molar-refractivity contribution in [3.63, 3.8) is 0 Å². The number of ether oxygens (including phenoxy) is 2. The zero-order chi connectivity index (χ0) is 15.8. The molecule has 0 amide bonds. The molecule has 1 aliphatic carbocycles. The van der Waals surface area contributed by atoms with E-state index >= 15 is 0 Å². The molecule has 6 heteroatoms. The minimum atomic E-state index is -2.89. The lowest BCUT2D eigenvalue weighted by Gasteiger charge is -2.30. The Bertz CT molecular complexity index is 638. The van der Waals surface area contributed by atoms with Crippen LogP contribution in [0.25, 0.3) is 0 Å². The Balaban J connectivity index is 1.81. The molecule has 0 radical (unpaired) electrons. The van der Waals surface area contributed by atoms with Crippen LogP contribution in [0.1, 0.15) is 31.2 Å². The van der Waals surface area contributed by atoms with Gasteiger partial charge >= 0.3 is 0 Å². The zero-order valence-corrected chi connectivity index (χ0v) is 13.7. The number of benzene rings is 1. The van der Waals surface area contributed by atoms with Crippen molar-refractivity contribution in [2.75, 3.05) is 25.2 Å². The number of sulfone groups is 1. The molecule has 22 heavy (non-hydrogen) atoms. The normalized spacial score (nSPS) is 23.0. The van der Waals surface area contributed by atoms with Crippen molar-refractivity contribution in [1.29, 1.82) is 0 Å². The first-order chi connectivity index (χ1) is 10.5. The summed E-state index contributed by atoms with van der Waals surface area (Å²) in [6.45, 7) is 0.636. The minimum Gasteiger partial charge on any atom is -0.493 e. The quantitative estimate of drug-likeness (QED) is 0.890. The van der Waals surface area contributed by atoms with Crippen LogP contribution in [0.2, 0.25) is 0 Å². The number of methoxy groups -OCH3 is 1. The number of nitrogens with two attached hydrogens (primary N) is 1. The van der Waals surface area contributed by atoms with Gasteiger partial charge < -0.3 is 15.2 Å². The monoisotopic (exact) mass is 325 g/mol. The third-order valence-corrected chi connectivity index (χ3v) is 6.66. The highest BCUT2D eigenvalue weighted by Gasteiger charge is 2.37. The Morgan fingerprint density at radius 2 is 1.91 bits per heavy atom. The summed E-state index contributed by atoms with van der Waals surface area (Å²) in [5.41, 5.74) is 7.27. The lowest BCUT2D eigenvalue weighted by molar-refractivity contribution is 0.219. The highest BCUT2D eigenvalue weighted by molar-refractivity contribution is 7.92. The summed E-state index contributed by atoms with van der Waals surface area (Å²) < 4.78 is 33.6. The summed E-state index contributed by atoms with van der Waals surface area (Å²) >= 11 is 0. The summed E-state index contributed by atoms with van der Waals surface area (Å²) in [7, 11) is -1.28. The van der Waals surface area contributed by atoms with Gasteiger partial charge in [-0.3, -0.25) is 0 Å². The van der Waals surface area contributed by atoms with E-state index < -0.39 is 9.84 Å². The van der Waals surface area contributed by atoms with E-state index in [9.17, 15) is 8.42 Å². The lowest BCUT2D eigenvalue weighted by atomic mass is 9.79. The Kier molecular flexibility index (Phi) is 4.07. The molecule has 122 valence electrons. The molecule has 1 aromatic rings. The number of hydrogen-bond acceptors (Lipinski definition) is 5. The fourth-order valence-corrected chi connectivity index (χ4v) is 4.69. The fourth-order valence-electron chi connectivity index (χ4n) is 3.52. The highest BCUT2D eigenvalue weighted by atomic mass is 32.2. The van der Waals surface area contributed by atoms with Crippen LogP contribution in [-0.2, 0) is 15.3 Å². The van der Waals surface area contributed by atoms with E-state index in [1.165, 1.54) is 18.4 Å². The summed E-state index contributed by atoms with van der Waals surface area (Å²) in [6.07, 6.45) is 4.36. The Morgan fingerprint density at radius 3 is 2.45 bits per heavy atom. The van der Waals surface area contributed by atoms with E-state index in [4.69, 9.17) is 15.2 Å². The average Bonchev–Trinajstić information content (AvgIpc) is 2.96. The number of rotatable bonds is 5. The molecule has 0 aromatic heterocycles. The largest absolute Gasteiger partial charge is 0.493 e. The molecule has 2 N–H and O–H groups in total. The van der Waals surface area contributed by atoms with Crippen LogP contribution in [-0.4, -0.2) is 39.7 Å². The molecule has 0 atom stereocenters. The van der Waals surface area contributed by atoms with Gasteiger partial charge in [-0.1, -0.05) is 18.9 Å². The molecule has 1 aliphatic heterocycles. The van der Waals surface area contributed by atoms with E-state index in [1.54, 1.807) is 7.11 Å². The average molecular weight is 325 g/mol. The molecule has 5 nitrogen and oxygen atoms in total. The standard InChI is InChI=1S/C16H23NO4S/c1-20-15-8-12(16(11-17)6-2-3-7-16)4-5-14(15)21-13-9-22(18,19)10-13/h4-5,8,13H,2-3,6-7,9-11,17H2,1H3. The van der Waals surface area contributed by atoms with Gasteiger partial charge in [0.1, 0.15) is 6.10 Å². The molecule has 2 fully saturated rings. The van der Waals surface area contributed by atoms with Gasteiger partial charge in [-0.25, -0.2) is 8.42 Å². The first-order valence-corrected chi connectivity index (χ1v) is 9.56. The predicted molar refractivity (Wildman–Crippen MR) is 85.3 cm³/mol. The molecule has 0 unspecified atom stereocenters. The van der Waals surface area contributed by atoms with Gasteiger partial charge in [0.15, 0.2) is 21.3 Å². The summed E-state index contributed by atoms with van der Waals surface area (Å²) in [5, 5.41) is 0. The Labute approximate surface area is 131 Å². The third-order valence-electron chi connectivity index (χ3n) is 4.90. The van der Waals surface area contributed by atoms with Crippen LogP contribution in [0.4, 0.5) is 0 Å². The molecular formula is C16H23NO4S. The molecule has 3 rings (SSSR count). The van der Waals surface area contributed by atoms with Gasteiger partial charge in [0.25, 0.3) is 0 Å². The molecule has 1 saturated carbocycles. The van der Waals surface area contributed by atoms with Crippen LogP contribution in [0.5, 0.6) is 11.5 Å². The van der Waals surface area contributed by atoms with Crippen molar-refractivity contribution >= 4 is 9.84 Å². The van der Waals surface area contributed by atoms with Crippen molar-refractivity contribution in [3.8, 4) is 11.5 Å². The van der Waals surface area contributed by atoms with Crippen LogP contribution < -0.4 is 15.2 Å². The first kappa shape index (κ1) is 15.6. The highest BCUT2D eigenvalue weighted by Crippen LogP contribution is 2.43. The molecule has 1 aromatic carbocycles. The molecular weight excluding hydrogens is 302 g/mol. The summed E-state index contributed by atoms with van der Waals surface area (Å²) in [5.74, 6) is 1.44. The maximum Gasteiger partial charge on any atom is 0.161 e. The topological polar surface area (TPSA) is 78.6 Å². The van der Waals surface area contributed by atoms with Gasteiger partial charge in [-0.2, -0.15) is 0 Å². The van der Waals surface area contributed by atoms with Gasteiger partial charge in [-0.15, -0.1) is 0 Å². The Morgan fingerprint density at radius 1 is 1.23 bits per heavy atom. The van der Waals surface area contributed by atoms with Gasteiger partial charge in [0, 0.05) is 12.0 Å². The van der Waals surface area contributed by atoms with E-state index in [1.807, 2.05) is 18.2 Å². The molecule has 1 heterocycles.